The number of carbonyl (C=O) groups is 1. The number of fused-ring (bicyclic) bond motifs is 2. The average Bonchev–Trinajstić information content (AvgIpc) is 2.76. The summed E-state index contributed by atoms with van der Waals surface area (Å²) in [5.41, 5.74) is 3.13. The molecule has 0 saturated carbocycles. The highest BCUT2D eigenvalue weighted by atomic mass is 32.2. The zero-order chi connectivity index (χ0) is 23.1. The maximum atomic E-state index is 13.9. The zero-order valence-electron chi connectivity index (χ0n) is 19.2. The number of Topliss-reactive ketones (excluding diaryl/α,β-unsaturated/α-hetero) is 1. The Morgan fingerprint density at radius 3 is 2.69 bits per heavy atom. The van der Waals surface area contributed by atoms with Crippen LogP contribution in [0, 0.1) is 5.41 Å². The van der Waals surface area contributed by atoms with E-state index in [0.29, 0.717) is 17.8 Å². The average molecular weight is 468 g/mol. The summed E-state index contributed by atoms with van der Waals surface area (Å²) in [4.78, 5) is 18.7. The second-order valence-electron chi connectivity index (χ2n) is 9.74. The van der Waals surface area contributed by atoms with Crippen LogP contribution in [-0.4, -0.2) is 23.0 Å². The van der Waals surface area contributed by atoms with E-state index < -0.39 is 5.41 Å². The molecule has 1 heterocycles. The Bertz CT molecular complexity index is 1140. The molecule has 1 aliphatic carbocycles. The molecule has 2 aromatic carbocycles. The molecule has 0 amide bonds. The fraction of sp³-hybridized carbons (Fsp3) is 0.360. The lowest BCUT2D eigenvalue weighted by Gasteiger charge is -2.37. The SMILES string of the molecule is CSNc1ccc2c(c1)PNC(C1=C(O)c3ccccc3C(C)(CCC(C)(C)C)C1=O)=N2. The van der Waals surface area contributed by atoms with Crippen LogP contribution in [0.3, 0.4) is 0 Å². The van der Waals surface area contributed by atoms with Crippen LogP contribution in [0.25, 0.3) is 5.76 Å². The Labute approximate surface area is 196 Å². The van der Waals surface area contributed by atoms with Crippen LogP contribution in [0.1, 0.15) is 51.7 Å². The van der Waals surface area contributed by atoms with E-state index in [-0.39, 0.29) is 25.7 Å². The second-order valence-corrected chi connectivity index (χ2v) is 11.4. The summed E-state index contributed by atoms with van der Waals surface area (Å²) in [5.74, 6) is 0.400. The molecule has 5 nitrogen and oxygen atoms in total. The quantitative estimate of drug-likeness (QED) is 0.379. The number of aliphatic imine (C=N–C) groups is 1. The van der Waals surface area contributed by atoms with Gasteiger partial charge in [-0.15, -0.1) is 0 Å². The fourth-order valence-electron chi connectivity index (χ4n) is 4.21. The first-order valence-corrected chi connectivity index (χ1v) is 13.0. The van der Waals surface area contributed by atoms with Gasteiger partial charge in [-0.1, -0.05) is 57.0 Å². The number of aliphatic hydroxyl groups excluding tert-OH is 1. The lowest BCUT2D eigenvalue weighted by atomic mass is 9.65. The summed E-state index contributed by atoms with van der Waals surface area (Å²) in [6.45, 7) is 8.57. The summed E-state index contributed by atoms with van der Waals surface area (Å²) in [6.07, 6.45) is 3.58. The Morgan fingerprint density at radius 2 is 1.97 bits per heavy atom. The van der Waals surface area contributed by atoms with Crippen molar-refractivity contribution in [2.75, 3.05) is 11.0 Å². The third-order valence-electron chi connectivity index (χ3n) is 6.12. The first-order chi connectivity index (χ1) is 15.1. The van der Waals surface area contributed by atoms with Gasteiger partial charge in [-0.2, -0.15) is 0 Å². The van der Waals surface area contributed by atoms with E-state index in [9.17, 15) is 9.90 Å². The van der Waals surface area contributed by atoms with Gasteiger partial charge >= 0.3 is 0 Å². The van der Waals surface area contributed by atoms with Crippen molar-refractivity contribution in [3.05, 3.63) is 59.2 Å². The van der Waals surface area contributed by atoms with Crippen molar-refractivity contribution in [2.24, 2.45) is 10.4 Å². The Morgan fingerprint density at radius 1 is 1.22 bits per heavy atom. The zero-order valence-corrected chi connectivity index (χ0v) is 21.0. The maximum absolute atomic E-state index is 13.9. The first-order valence-electron chi connectivity index (χ1n) is 10.8. The molecule has 7 heteroatoms. The number of nitrogens with zero attached hydrogens (tertiary/aromatic N) is 1. The van der Waals surface area contributed by atoms with E-state index >= 15 is 0 Å². The fourth-order valence-corrected chi connectivity index (χ4v) is 5.50. The van der Waals surface area contributed by atoms with Crippen molar-refractivity contribution in [1.29, 1.82) is 0 Å². The molecule has 4 rings (SSSR count). The molecule has 168 valence electrons. The van der Waals surface area contributed by atoms with Crippen molar-refractivity contribution in [3.63, 3.8) is 0 Å². The highest BCUT2D eigenvalue weighted by molar-refractivity contribution is 7.99. The molecule has 0 bridgehead atoms. The van der Waals surface area contributed by atoms with Gasteiger partial charge < -0.3 is 14.9 Å². The molecule has 2 aromatic rings. The van der Waals surface area contributed by atoms with Crippen LogP contribution in [0.15, 0.2) is 53.0 Å². The number of ketones is 1. The number of hydrogen-bond donors (Lipinski definition) is 3. The third-order valence-corrected chi connectivity index (χ3v) is 7.59. The van der Waals surface area contributed by atoms with Crippen molar-refractivity contribution >= 4 is 54.7 Å². The Balaban J connectivity index is 1.79. The van der Waals surface area contributed by atoms with Crippen LogP contribution in [0.5, 0.6) is 0 Å². The molecule has 0 saturated heterocycles. The van der Waals surface area contributed by atoms with E-state index in [1.54, 1.807) is 11.9 Å². The monoisotopic (exact) mass is 467 g/mol. The maximum Gasteiger partial charge on any atom is 0.180 e. The van der Waals surface area contributed by atoms with Crippen LogP contribution in [0.4, 0.5) is 11.4 Å². The number of benzene rings is 2. The minimum Gasteiger partial charge on any atom is -0.506 e. The van der Waals surface area contributed by atoms with E-state index in [1.807, 2.05) is 49.6 Å². The number of amidine groups is 1. The van der Waals surface area contributed by atoms with Crippen LogP contribution < -0.4 is 15.1 Å². The van der Waals surface area contributed by atoms with Gasteiger partial charge in [0.05, 0.1) is 11.1 Å². The standard InChI is InChI=1S/C25H30N3O2PS/c1-24(2,3)12-13-25(4)17-9-7-6-8-16(17)21(29)20(22(25)30)23-26-18-11-10-15(28-32-5)14-19(18)31-27-23/h6-11,14,28-29,31H,12-13H2,1-5H3,(H,26,27). The van der Waals surface area contributed by atoms with Gasteiger partial charge in [0.15, 0.2) is 5.78 Å². The number of aliphatic hydroxyl groups is 1. The van der Waals surface area contributed by atoms with E-state index in [0.717, 1.165) is 34.2 Å². The molecule has 0 radical (unpaired) electrons. The number of carbonyl (C=O) groups excluding carboxylic acids is 1. The smallest absolute Gasteiger partial charge is 0.180 e. The van der Waals surface area contributed by atoms with Gasteiger partial charge in [0.1, 0.15) is 17.2 Å². The molecule has 0 fully saturated rings. The predicted molar refractivity (Wildman–Crippen MR) is 139 cm³/mol. The van der Waals surface area contributed by atoms with Gasteiger partial charge in [-0.3, -0.25) is 4.79 Å². The Hall–Kier alpha value is -2.30. The molecule has 1 aliphatic heterocycles. The third kappa shape index (κ3) is 4.18. The highest BCUT2D eigenvalue weighted by Gasteiger charge is 2.46. The van der Waals surface area contributed by atoms with Crippen molar-refractivity contribution < 1.29 is 9.90 Å². The van der Waals surface area contributed by atoms with Gasteiger partial charge in [0.25, 0.3) is 0 Å². The predicted octanol–water partition coefficient (Wildman–Crippen LogP) is 5.86. The van der Waals surface area contributed by atoms with Crippen LogP contribution in [0.2, 0.25) is 0 Å². The minimum absolute atomic E-state index is 0.0130. The van der Waals surface area contributed by atoms with Gasteiger partial charge in [0.2, 0.25) is 0 Å². The van der Waals surface area contributed by atoms with Crippen LogP contribution in [-0.2, 0) is 10.2 Å². The minimum atomic E-state index is -0.717. The van der Waals surface area contributed by atoms with Gasteiger partial charge in [0, 0.05) is 31.5 Å². The van der Waals surface area contributed by atoms with Crippen LogP contribution >= 0.6 is 20.7 Å². The Kier molecular flexibility index (Phi) is 6.12. The van der Waals surface area contributed by atoms with Gasteiger partial charge in [-0.05, 0) is 48.9 Å². The number of hydrogen-bond acceptors (Lipinski definition) is 6. The normalized spacial score (nSPS) is 21.0. The molecule has 3 N–H and O–H groups in total. The van der Waals surface area contributed by atoms with E-state index in [2.05, 4.69) is 36.6 Å². The summed E-state index contributed by atoms with van der Waals surface area (Å²) < 4.78 is 3.24. The topological polar surface area (TPSA) is 73.7 Å². The van der Waals surface area contributed by atoms with E-state index in [1.165, 1.54) is 0 Å². The van der Waals surface area contributed by atoms with Crippen molar-refractivity contribution in [1.82, 2.24) is 5.09 Å². The summed E-state index contributed by atoms with van der Waals surface area (Å²) in [7, 11) is 0.257. The molecule has 32 heavy (non-hydrogen) atoms. The molecule has 2 unspecified atom stereocenters. The number of rotatable bonds is 5. The van der Waals surface area contributed by atoms with Crippen molar-refractivity contribution in [2.45, 2.75) is 46.0 Å². The number of anilines is 1. The van der Waals surface area contributed by atoms with Crippen molar-refractivity contribution in [3.8, 4) is 0 Å². The molecule has 0 aromatic heterocycles. The second kappa shape index (κ2) is 8.57. The number of nitrogens with one attached hydrogen (secondary N) is 2. The lowest BCUT2D eigenvalue weighted by Crippen LogP contribution is -2.43. The summed E-state index contributed by atoms with van der Waals surface area (Å²) >= 11 is 1.54. The lowest BCUT2D eigenvalue weighted by molar-refractivity contribution is -0.120. The highest BCUT2D eigenvalue weighted by Crippen LogP contribution is 2.45. The summed E-state index contributed by atoms with van der Waals surface area (Å²) in [5, 5.41) is 15.6. The van der Waals surface area contributed by atoms with E-state index in [4.69, 9.17) is 4.99 Å². The molecule has 0 spiro atoms. The first kappa shape index (κ1) is 22.9. The molecule has 2 aliphatic rings. The molecular weight excluding hydrogens is 437 g/mol. The molecule has 2 atom stereocenters. The molecular formula is C25H30N3O2PS. The summed E-state index contributed by atoms with van der Waals surface area (Å²) in [6, 6.07) is 13.7. The largest absolute Gasteiger partial charge is 0.506 e. The van der Waals surface area contributed by atoms with Gasteiger partial charge in [-0.25, -0.2) is 4.99 Å².